The number of amides is 2. The van der Waals surface area contributed by atoms with Gasteiger partial charge in [0.1, 0.15) is 0 Å². The van der Waals surface area contributed by atoms with Crippen molar-refractivity contribution >= 4 is 22.9 Å². The van der Waals surface area contributed by atoms with E-state index >= 15 is 0 Å². The maximum atomic E-state index is 13.5. The third-order valence-corrected chi connectivity index (χ3v) is 5.49. The zero-order chi connectivity index (χ0) is 27.3. The molecule has 0 saturated carbocycles. The van der Waals surface area contributed by atoms with Crippen LogP contribution in [-0.4, -0.2) is 45.9 Å². The lowest BCUT2D eigenvalue weighted by molar-refractivity contribution is -0.173. The van der Waals surface area contributed by atoms with Crippen LogP contribution in [0.5, 0.6) is 11.6 Å². The molecule has 4 rings (SSSR count). The Bertz CT molecular complexity index is 1520. The molecule has 0 saturated heterocycles. The number of ether oxygens (including phenoxy) is 1. The second-order valence-corrected chi connectivity index (χ2v) is 8.08. The Morgan fingerprint density at radius 3 is 2.26 bits per heavy atom. The second-order valence-electron chi connectivity index (χ2n) is 8.08. The van der Waals surface area contributed by atoms with Gasteiger partial charge in [0.2, 0.25) is 0 Å². The lowest BCUT2D eigenvalue weighted by Crippen LogP contribution is -2.41. The molecule has 2 amide bonds. The largest absolute Gasteiger partial charge is 0.503 e. The summed E-state index contributed by atoms with van der Waals surface area (Å²) in [4.78, 5) is 40.4. The molecule has 9 nitrogen and oxygen atoms in total. The summed E-state index contributed by atoms with van der Waals surface area (Å²) in [7, 11) is 0. The highest BCUT2D eigenvalue weighted by atomic mass is 19.4. The summed E-state index contributed by atoms with van der Waals surface area (Å²) in [5.74, 6) is -3.13. The molecule has 0 radical (unpaired) electrons. The van der Waals surface area contributed by atoms with Crippen molar-refractivity contribution < 1.29 is 32.6 Å². The molecule has 0 bridgehead atoms. The van der Waals surface area contributed by atoms with E-state index in [-0.39, 0.29) is 24.0 Å². The average molecular weight is 526 g/mol. The van der Waals surface area contributed by atoms with Gasteiger partial charge in [0, 0.05) is 24.0 Å². The first-order valence-corrected chi connectivity index (χ1v) is 11.3. The van der Waals surface area contributed by atoms with Crippen LogP contribution in [0.3, 0.4) is 0 Å². The van der Waals surface area contributed by atoms with Gasteiger partial charge < -0.3 is 25.0 Å². The summed E-state index contributed by atoms with van der Waals surface area (Å²) < 4.78 is 43.2. The van der Waals surface area contributed by atoms with Crippen molar-refractivity contribution in [2.45, 2.75) is 12.7 Å². The molecule has 0 aliphatic rings. The monoisotopic (exact) mass is 526 g/mol. The highest BCUT2D eigenvalue weighted by molar-refractivity contribution is 5.90. The van der Waals surface area contributed by atoms with E-state index in [0.717, 1.165) is 5.56 Å². The topological polar surface area (TPSA) is 123 Å². The molecule has 0 fully saturated rings. The first kappa shape index (κ1) is 26.2. The molecular formula is C26H21F3N4O5. The highest BCUT2D eigenvalue weighted by Gasteiger charge is 2.38. The smallest absolute Gasteiger partial charge is 0.471 e. The Morgan fingerprint density at radius 1 is 0.974 bits per heavy atom. The molecule has 0 unspecified atom stereocenters. The standard InChI is InChI=1S/C26H21F3N4O5/c27-26(28,29)24(36)30-11-12-31-25(37)38-22-21(34)19-13-18(17-9-5-2-6-10-17)23(35)33(20(19)14-32-22)15-16-7-3-1-4-8-16/h1-10,13-14,34H,11-12,15H2,(H,30,36)(H,31,37). The lowest BCUT2D eigenvalue weighted by Gasteiger charge is -2.15. The van der Waals surface area contributed by atoms with Gasteiger partial charge in [-0.25, -0.2) is 9.78 Å². The summed E-state index contributed by atoms with van der Waals surface area (Å²) in [6, 6.07) is 19.5. The first-order valence-electron chi connectivity index (χ1n) is 11.3. The number of carbonyl (C=O) groups is 2. The van der Waals surface area contributed by atoms with E-state index in [2.05, 4.69) is 10.3 Å². The van der Waals surface area contributed by atoms with Crippen molar-refractivity contribution in [3.8, 4) is 22.8 Å². The Kier molecular flexibility index (Phi) is 7.61. The van der Waals surface area contributed by atoms with Gasteiger partial charge in [-0.05, 0) is 17.2 Å². The second kappa shape index (κ2) is 11.0. The van der Waals surface area contributed by atoms with E-state index in [1.54, 1.807) is 35.6 Å². The van der Waals surface area contributed by atoms with Crippen LogP contribution in [0, 0.1) is 0 Å². The molecule has 0 aliphatic heterocycles. The van der Waals surface area contributed by atoms with E-state index < -0.39 is 36.4 Å². The van der Waals surface area contributed by atoms with Crippen LogP contribution in [0.15, 0.2) is 77.7 Å². The van der Waals surface area contributed by atoms with Crippen molar-refractivity contribution in [3.05, 3.63) is 88.8 Å². The van der Waals surface area contributed by atoms with Crippen LogP contribution in [0.2, 0.25) is 0 Å². The van der Waals surface area contributed by atoms with Crippen molar-refractivity contribution in [2.24, 2.45) is 0 Å². The van der Waals surface area contributed by atoms with Crippen LogP contribution in [0.4, 0.5) is 18.0 Å². The maximum Gasteiger partial charge on any atom is 0.471 e. The van der Waals surface area contributed by atoms with E-state index in [0.29, 0.717) is 16.6 Å². The summed E-state index contributed by atoms with van der Waals surface area (Å²) in [6.45, 7) is -0.692. The number of hydrogen-bond donors (Lipinski definition) is 3. The van der Waals surface area contributed by atoms with Crippen molar-refractivity contribution in [3.63, 3.8) is 0 Å². The summed E-state index contributed by atoms with van der Waals surface area (Å²) in [5, 5.41) is 14.9. The normalized spacial score (nSPS) is 11.2. The third kappa shape index (κ3) is 5.91. The van der Waals surface area contributed by atoms with E-state index in [1.807, 2.05) is 30.3 Å². The van der Waals surface area contributed by atoms with Gasteiger partial charge in [0.25, 0.3) is 11.4 Å². The zero-order valence-electron chi connectivity index (χ0n) is 19.7. The lowest BCUT2D eigenvalue weighted by atomic mass is 10.0. The fourth-order valence-electron chi connectivity index (χ4n) is 3.69. The zero-order valence-corrected chi connectivity index (χ0v) is 19.7. The predicted octanol–water partition coefficient (Wildman–Crippen LogP) is 3.58. The van der Waals surface area contributed by atoms with Crippen LogP contribution in [0.1, 0.15) is 5.56 Å². The number of pyridine rings is 2. The van der Waals surface area contributed by atoms with Gasteiger partial charge in [0.15, 0.2) is 5.75 Å². The van der Waals surface area contributed by atoms with Crippen LogP contribution in [0.25, 0.3) is 22.0 Å². The minimum Gasteiger partial charge on any atom is -0.503 e. The number of carbonyl (C=O) groups excluding carboxylic acids is 2. The quantitative estimate of drug-likeness (QED) is 0.317. The number of halogens is 3. The minimum absolute atomic E-state index is 0.183. The van der Waals surface area contributed by atoms with Gasteiger partial charge in [0.05, 0.1) is 18.3 Å². The van der Waals surface area contributed by atoms with Gasteiger partial charge >= 0.3 is 18.2 Å². The molecule has 2 aromatic carbocycles. The molecule has 196 valence electrons. The molecule has 0 spiro atoms. The summed E-state index contributed by atoms with van der Waals surface area (Å²) >= 11 is 0. The molecule has 2 aromatic heterocycles. The molecule has 4 aromatic rings. The molecule has 0 aliphatic carbocycles. The molecular weight excluding hydrogens is 505 g/mol. The Morgan fingerprint density at radius 2 is 1.61 bits per heavy atom. The first-order chi connectivity index (χ1) is 18.1. The van der Waals surface area contributed by atoms with Crippen molar-refractivity contribution in [1.82, 2.24) is 20.2 Å². The number of nitrogens with zero attached hydrogens (tertiary/aromatic N) is 2. The number of fused-ring (bicyclic) bond motifs is 1. The van der Waals surface area contributed by atoms with E-state index in [9.17, 15) is 32.7 Å². The number of aromatic nitrogens is 2. The molecule has 38 heavy (non-hydrogen) atoms. The Labute approximate surface area is 213 Å². The van der Waals surface area contributed by atoms with Crippen molar-refractivity contribution in [2.75, 3.05) is 13.1 Å². The summed E-state index contributed by atoms with van der Waals surface area (Å²) in [6.07, 6.45) is -4.88. The fraction of sp³-hybridized carbons (Fsp3) is 0.154. The number of alkyl halides is 3. The Balaban J connectivity index is 1.63. The fourth-order valence-corrected chi connectivity index (χ4v) is 3.69. The van der Waals surface area contributed by atoms with Crippen LogP contribution in [-0.2, 0) is 11.3 Å². The van der Waals surface area contributed by atoms with Gasteiger partial charge in [-0.1, -0.05) is 60.7 Å². The van der Waals surface area contributed by atoms with Crippen LogP contribution < -0.4 is 20.9 Å². The maximum absolute atomic E-state index is 13.5. The minimum atomic E-state index is -5.04. The number of nitrogens with one attached hydrogen (secondary N) is 2. The highest BCUT2D eigenvalue weighted by Crippen LogP contribution is 2.34. The van der Waals surface area contributed by atoms with Gasteiger partial charge in [-0.2, -0.15) is 13.2 Å². The molecule has 12 heteroatoms. The molecule has 2 heterocycles. The molecule has 3 N–H and O–H groups in total. The number of aromatic hydroxyl groups is 1. The number of hydrogen-bond acceptors (Lipinski definition) is 6. The van der Waals surface area contributed by atoms with Gasteiger partial charge in [-0.3, -0.25) is 9.59 Å². The average Bonchev–Trinajstić information content (AvgIpc) is 2.90. The third-order valence-electron chi connectivity index (χ3n) is 5.49. The number of rotatable bonds is 7. The van der Waals surface area contributed by atoms with E-state index in [4.69, 9.17) is 4.74 Å². The predicted molar refractivity (Wildman–Crippen MR) is 132 cm³/mol. The van der Waals surface area contributed by atoms with Crippen molar-refractivity contribution in [1.29, 1.82) is 0 Å². The SMILES string of the molecule is O=C(NCCNC(=O)C(F)(F)F)Oc1ncc2c(cc(-c3ccccc3)c(=O)n2Cc2ccccc2)c1O. The van der Waals surface area contributed by atoms with Gasteiger partial charge in [-0.15, -0.1) is 0 Å². The van der Waals surface area contributed by atoms with E-state index in [1.165, 1.54) is 16.8 Å². The van der Waals surface area contributed by atoms with Crippen LogP contribution >= 0.6 is 0 Å². The number of benzene rings is 2. The summed E-state index contributed by atoms with van der Waals surface area (Å²) in [5.41, 5.74) is 1.71. The Hall–Kier alpha value is -4.87. The molecule has 0 atom stereocenters.